The molecule has 0 radical (unpaired) electrons. The summed E-state index contributed by atoms with van der Waals surface area (Å²) in [4.78, 5) is 13.2. The normalized spacial score (nSPS) is 15.8. The van der Waals surface area contributed by atoms with E-state index in [4.69, 9.17) is 0 Å². The molecule has 0 saturated carbocycles. The minimum Gasteiger partial charge on any atom is -0.349 e. The topological polar surface area (TPSA) is 66.5 Å². The fourth-order valence-electron chi connectivity index (χ4n) is 3.99. The molecule has 0 fully saturated rings. The van der Waals surface area contributed by atoms with Gasteiger partial charge < -0.3 is 5.32 Å². The van der Waals surface area contributed by atoms with Crippen LogP contribution >= 0.6 is 0 Å². The number of hydrogen-bond acceptors (Lipinski definition) is 3. The van der Waals surface area contributed by atoms with E-state index in [1.807, 2.05) is 79.7 Å². The molecule has 0 aliphatic carbocycles. The van der Waals surface area contributed by atoms with E-state index >= 15 is 0 Å². The highest BCUT2D eigenvalue weighted by Crippen LogP contribution is 2.41. The van der Waals surface area contributed by atoms with E-state index in [1.165, 1.54) is 16.9 Å². The van der Waals surface area contributed by atoms with E-state index in [0.29, 0.717) is 23.2 Å². The third-order valence-electron chi connectivity index (χ3n) is 5.71. The van der Waals surface area contributed by atoms with Crippen LogP contribution in [0.25, 0.3) is 5.57 Å². The minimum atomic E-state index is -4.02. The van der Waals surface area contributed by atoms with Gasteiger partial charge in [-0.3, -0.25) is 9.10 Å². The second kappa shape index (κ2) is 9.01. The first-order valence-electron chi connectivity index (χ1n) is 10.6. The maximum absolute atomic E-state index is 13.5. The van der Waals surface area contributed by atoms with Crippen LogP contribution in [0.15, 0.2) is 89.8 Å². The van der Waals surface area contributed by atoms with Crippen molar-refractivity contribution in [2.75, 3.05) is 11.4 Å². The highest BCUT2D eigenvalue weighted by molar-refractivity contribution is 7.97. The van der Waals surface area contributed by atoms with Crippen molar-refractivity contribution in [3.05, 3.63) is 107 Å². The molecule has 0 aromatic heterocycles. The van der Waals surface area contributed by atoms with Crippen molar-refractivity contribution in [3.8, 4) is 0 Å². The molecule has 1 heterocycles. The summed E-state index contributed by atoms with van der Waals surface area (Å²) in [7, 11) is -2.54. The minimum absolute atomic E-state index is 0.190. The molecule has 164 valence electrons. The summed E-state index contributed by atoms with van der Waals surface area (Å²) in [6.07, 6.45) is 1.50. The van der Waals surface area contributed by atoms with Gasteiger partial charge >= 0.3 is 0 Å². The monoisotopic (exact) mass is 446 g/mol. The van der Waals surface area contributed by atoms with E-state index < -0.39 is 15.9 Å². The lowest BCUT2D eigenvalue weighted by molar-refractivity contribution is -0.117. The lowest BCUT2D eigenvalue weighted by atomic mass is 9.95. The average molecular weight is 447 g/mol. The van der Waals surface area contributed by atoms with Crippen LogP contribution in [-0.2, 0) is 21.2 Å². The summed E-state index contributed by atoms with van der Waals surface area (Å²) in [5.41, 5.74) is 3.58. The van der Waals surface area contributed by atoms with Gasteiger partial charge in [0.05, 0.1) is 5.69 Å². The maximum atomic E-state index is 13.5. The Balaban J connectivity index is 1.72. The number of carbonyl (C=O) groups excluding carboxylic acids is 1. The summed E-state index contributed by atoms with van der Waals surface area (Å²) in [5, 5.41) is 2.92. The molecule has 5 nitrogen and oxygen atoms in total. The van der Waals surface area contributed by atoms with Crippen LogP contribution in [-0.4, -0.2) is 27.4 Å². The average Bonchev–Trinajstić information content (AvgIpc) is 2.81. The maximum Gasteiger partial charge on any atom is 0.270 e. The summed E-state index contributed by atoms with van der Waals surface area (Å²) in [6.45, 7) is 1.90. The fraction of sp³-hybridized carbons (Fsp3) is 0.192. The molecule has 0 unspecified atom stereocenters. The molecule has 1 aliphatic heterocycles. The number of amides is 1. The van der Waals surface area contributed by atoms with Crippen LogP contribution in [0.1, 0.15) is 30.0 Å². The first-order valence-corrected chi connectivity index (χ1v) is 12.1. The Hall–Kier alpha value is -3.38. The Labute approximate surface area is 189 Å². The third-order valence-corrected chi connectivity index (χ3v) is 7.54. The van der Waals surface area contributed by atoms with Crippen molar-refractivity contribution in [2.45, 2.75) is 25.8 Å². The second-order valence-corrected chi connectivity index (χ2v) is 9.86. The number of carbonyl (C=O) groups is 1. The molecule has 0 bridgehead atoms. The molecular weight excluding hydrogens is 420 g/mol. The van der Waals surface area contributed by atoms with Crippen LogP contribution in [0, 0.1) is 0 Å². The molecule has 32 heavy (non-hydrogen) atoms. The predicted molar refractivity (Wildman–Crippen MR) is 129 cm³/mol. The quantitative estimate of drug-likeness (QED) is 0.612. The number of benzene rings is 3. The molecule has 1 amide bonds. The smallest absolute Gasteiger partial charge is 0.270 e. The number of rotatable bonds is 6. The van der Waals surface area contributed by atoms with Gasteiger partial charge in [0.1, 0.15) is 0 Å². The molecule has 3 aromatic rings. The van der Waals surface area contributed by atoms with E-state index in [2.05, 4.69) is 5.32 Å². The summed E-state index contributed by atoms with van der Waals surface area (Å²) >= 11 is 0. The Bertz CT molecular complexity index is 1250. The zero-order valence-electron chi connectivity index (χ0n) is 18.2. The van der Waals surface area contributed by atoms with Gasteiger partial charge in [0.15, 0.2) is 4.91 Å². The summed E-state index contributed by atoms with van der Waals surface area (Å²) in [6, 6.07) is 26.3. The number of aryl methyl sites for hydroxylation is 1. The molecule has 0 saturated heterocycles. The fourth-order valence-corrected chi connectivity index (χ4v) is 5.46. The number of anilines is 1. The number of sulfonamides is 1. The van der Waals surface area contributed by atoms with Gasteiger partial charge in [0, 0.05) is 24.2 Å². The number of fused-ring (bicyclic) bond motifs is 1. The number of nitrogens with zero attached hydrogens (tertiary/aromatic N) is 1. The van der Waals surface area contributed by atoms with Gasteiger partial charge in [-0.2, -0.15) is 0 Å². The van der Waals surface area contributed by atoms with Crippen molar-refractivity contribution >= 4 is 27.2 Å². The molecule has 4 rings (SSSR count). The van der Waals surface area contributed by atoms with Crippen molar-refractivity contribution in [1.29, 1.82) is 0 Å². The standard InChI is InChI=1S/C26H26N2O3S/c1-19(17-18-20-11-5-3-6-12-20)27-26(29)25-24(21-13-7-4-8-14-21)22-15-9-10-16-23(22)28(2)32(25,30)31/h3-16,19H,17-18H2,1-2H3,(H,27,29)/t19-/m1/s1. The van der Waals surface area contributed by atoms with Crippen LogP contribution in [0.4, 0.5) is 5.69 Å². The lowest BCUT2D eigenvalue weighted by Crippen LogP contribution is -2.42. The third kappa shape index (κ3) is 4.18. The molecule has 3 aromatic carbocycles. The van der Waals surface area contributed by atoms with Gasteiger partial charge in [-0.05, 0) is 37.0 Å². The Morgan fingerprint density at radius 1 is 0.906 bits per heavy atom. The second-order valence-electron chi connectivity index (χ2n) is 7.96. The first kappa shape index (κ1) is 21.8. The highest BCUT2D eigenvalue weighted by Gasteiger charge is 2.39. The van der Waals surface area contributed by atoms with Gasteiger partial charge in [0.25, 0.3) is 15.9 Å². The van der Waals surface area contributed by atoms with Crippen molar-refractivity contribution < 1.29 is 13.2 Å². The van der Waals surface area contributed by atoms with E-state index in [9.17, 15) is 13.2 Å². The number of para-hydroxylation sites is 1. The molecular formula is C26H26N2O3S. The summed E-state index contributed by atoms with van der Waals surface area (Å²) in [5.74, 6) is -0.578. The lowest BCUT2D eigenvalue weighted by Gasteiger charge is -2.31. The number of hydrogen-bond donors (Lipinski definition) is 1. The molecule has 1 N–H and O–H groups in total. The molecule has 6 heteroatoms. The predicted octanol–water partition coefficient (Wildman–Crippen LogP) is 4.36. The molecule has 1 aliphatic rings. The molecule has 0 spiro atoms. The summed E-state index contributed by atoms with van der Waals surface area (Å²) < 4.78 is 28.1. The van der Waals surface area contributed by atoms with Gasteiger partial charge in [-0.1, -0.05) is 78.9 Å². The van der Waals surface area contributed by atoms with Crippen LogP contribution < -0.4 is 9.62 Å². The number of nitrogens with one attached hydrogen (secondary N) is 1. The zero-order chi connectivity index (χ0) is 22.7. The largest absolute Gasteiger partial charge is 0.349 e. The SMILES string of the molecule is C[C@H](CCc1ccccc1)NC(=O)C1=C(c2ccccc2)c2ccccc2N(C)S1(=O)=O. The zero-order valence-corrected chi connectivity index (χ0v) is 19.0. The van der Waals surface area contributed by atoms with Gasteiger partial charge in [-0.25, -0.2) is 8.42 Å². The van der Waals surface area contributed by atoms with Crippen LogP contribution in [0.5, 0.6) is 0 Å². The molecule has 1 atom stereocenters. The van der Waals surface area contributed by atoms with Crippen molar-refractivity contribution in [3.63, 3.8) is 0 Å². The first-order chi connectivity index (χ1) is 15.4. The van der Waals surface area contributed by atoms with E-state index in [-0.39, 0.29) is 10.9 Å². The van der Waals surface area contributed by atoms with E-state index in [1.54, 1.807) is 12.1 Å². The van der Waals surface area contributed by atoms with Gasteiger partial charge in [-0.15, -0.1) is 0 Å². The van der Waals surface area contributed by atoms with E-state index in [0.717, 1.165) is 12.0 Å². The van der Waals surface area contributed by atoms with Crippen molar-refractivity contribution in [1.82, 2.24) is 5.32 Å². The van der Waals surface area contributed by atoms with Gasteiger partial charge in [0.2, 0.25) is 0 Å². The van der Waals surface area contributed by atoms with Crippen molar-refractivity contribution in [2.24, 2.45) is 0 Å². The van der Waals surface area contributed by atoms with Crippen LogP contribution in [0.3, 0.4) is 0 Å². The Kier molecular flexibility index (Phi) is 6.15. The Morgan fingerprint density at radius 2 is 1.50 bits per heavy atom. The Morgan fingerprint density at radius 3 is 2.19 bits per heavy atom. The highest BCUT2D eigenvalue weighted by atomic mass is 32.2. The van der Waals surface area contributed by atoms with Crippen LogP contribution in [0.2, 0.25) is 0 Å².